The average molecular weight is 335 g/mol. The van der Waals surface area contributed by atoms with Crippen LogP contribution >= 0.6 is 0 Å². The Kier molecular flexibility index (Phi) is 4.39. The molecule has 6 nitrogen and oxygen atoms in total. The van der Waals surface area contributed by atoms with E-state index in [1.165, 1.54) is 0 Å². The van der Waals surface area contributed by atoms with E-state index in [1.807, 2.05) is 17.9 Å². The van der Waals surface area contributed by atoms with Crippen LogP contribution in [0.2, 0.25) is 0 Å². The highest BCUT2D eigenvalue weighted by Crippen LogP contribution is 2.29. The fourth-order valence-electron chi connectivity index (χ4n) is 3.09. The van der Waals surface area contributed by atoms with Crippen molar-refractivity contribution in [3.8, 4) is 0 Å². The second kappa shape index (κ2) is 6.31. The van der Waals surface area contributed by atoms with E-state index >= 15 is 0 Å². The molecule has 1 N–H and O–H groups in total. The van der Waals surface area contributed by atoms with Crippen molar-refractivity contribution in [1.82, 2.24) is 10.2 Å². The van der Waals surface area contributed by atoms with Crippen LogP contribution in [-0.2, 0) is 14.8 Å². The lowest BCUT2D eigenvalue weighted by Crippen LogP contribution is -2.45. The van der Waals surface area contributed by atoms with Crippen molar-refractivity contribution >= 4 is 21.8 Å². The highest BCUT2D eigenvalue weighted by atomic mass is 32.2. The number of carbonyl (C=O) groups is 1. The Morgan fingerprint density at radius 3 is 2.96 bits per heavy atom. The zero-order chi connectivity index (χ0) is 16.4. The molecule has 124 valence electrons. The van der Waals surface area contributed by atoms with Crippen molar-refractivity contribution in [3.05, 3.63) is 29.8 Å². The van der Waals surface area contributed by atoms with Gasteiger partial charge in [-0.15, -0.1) is 4.40 Å². The van der Waals surface area contributed by atoms with Crippen LogP contribution in [0.4, 0.5) is 0 Å². The van der Waals surface area contributed by atoms with Crippen LogP contribution in [0.5, 0.6) is 0 Å². The van der Waals surface area contributed by atoms with Crippen molar-refractivity contribution in [2.75, 3.05) is 19.6 Å². The molecule has 0 bridgehead atoms. The number of nitrogens with zero attached hydrogens (tertiary/aromatic N) is 2. The van der Waals surface area contributed by atoms with Crippen LogP contribution in [0.1, 0.15) is 31.7 Å². The van der Waals surface area contributed by atoms with E-state index in [2.05, 4.69) is 9.71 Å². The summed E-state index contributed by atoms with van der Waals surface area (Å²) >= 11 is 0. The van der Waals surface area contributed by atoms with E-state index in [1.54, 1.807) is 18.2 Å². The van der Waals surface area contributed by atoms with E-state index in [9.17, 15) is 13.2 Å². The van der Waals surface area contributed by atoms with Crippen LogP contribution in [0, 0.1) is 5.92 Å². The first-order chi connectivity index (χ1) is 11.0. The summed E-state index contributed by atoms with van der Waals surface area (Å²) < 4.78 is 28.3. The maximum absolute atomic E-state index is 12.2. The molecular weight excluding hydrogens is 314 g/mol. The van der Waals surface area contributed by atoms with Gasteiger partial charge in [0.05, 0.1) is 5.92 Å². The predicted octanol–water partition coefficient (Wildman–Crippen LogP) is 1.37. The van der Waals surface area contributed by atoms with Gasteiger partial charge >= 0.3 is 0 Å². The molecule has 7 heteroatoms. The largest absolute Gasteiger partial charge is 0.356 e. The maximum atomic E-state index is 12.2. The van der Waals surface area contributed by atoms with Crippen LogP contribution < -0.4 is 5.32 Å². The molecule has 23 heavy (non-hydrogen) atoms. The minimum Gasteiger partial charge on any atom is -0.356 e. The van der Waals surface area contributed by atoms with Crippen molar-refractivity contribution in [2.24, 2.45) is 10.3 Å². The summed E-state index contributed by atoms with van der Waals surface area (Å²) in [5, 5.41) is 2.92. The first kappa shape index (κ1) is 16.0. The van der Waals surface area contributed by atoms with Gasteiger partial charge in [-0.05, 0) is 31.4 Å². The molecule has 0 aliphatic carbocycles. The van der Waals surface area contributed by atoms with Gasteiger partial charge in [0.25, 0.3) is 10.0 Å². The number of hydrogen-bond donors (Lipinski definition) is 1. The number of piperidine rings is 1. The molecule has 0 aromatic heterocycles. The van der Waals surface area contributed by atoms with Gasteiger partial charge in [-0.25, -0.2) is 0 Å². The first-order valence-corrected chi connectivity index (χ1v) is 9.44. The number of likely N-dealkylation sites (tertiary alicyclic amines) is 1. The number of amides is 1. The molecule has 1 atom stereocenters. The summed E-state index contributed by atoms with van der Waals surface area (Å²) in [5.74, 6) is 0.411. The van der Waals surface area contributed by atoms with Crippen LogP contribution in [0.15, 0.2) is 33.6 Å². The number of carbonyl (C=O) groups excluding carboxylic acids is 1. The third-order valence-electron chi connectivity index (χ3n) is 4.25. The number of amidine groups is 1. The van der Waals surface area contributed by atoms with Crippen molar-refractivity contribution in [2.45, 2.75) is 31.1 Å². The molecule has 1 amide bonds. The summed E-state index contributed by atoms with van der Waals surface area (Å²) in [5.41, 5.74) is 0.641. The Morgan fingerprint density at radius 2 is 2.17 bits per heavy atom. The fraction of sp³-hybridized carbons (Fsp3) is 0.500. The Balaban J connectivity index is 1.81. The normalized spacial score (nSPS) is 22.4. The van der Waals surface area contributed by atoms with Gasteiger partial charge in [-0.1, -0.05) is 19.1 Å². The molecule has 2 aliphatic rings. The summed E-state index contributed by atoms with van der Waals surface area (Å²) in [6, 6.07) is 6.87. The van der Waals surface area contributed by atoms with Gasteiger partial charge in [0.15, 0.2) is 5.84 Å². The monoisotopic (exact) mass is 335 g/mol. The van der Waals surface area contributed by atoms with E-state index < -0.39 is 10.0 Å². The van der Waals surface area contributed by atoms with Gasteiger partial charge in [0.2, 0.25) is 5.91 Å². The zero-order valence-corrected chi connectivity index (χ0v) is 14.0. The molecule has 1 saturated heterocycles. The molecular formula is C16H21N3O3S. The summed E-state index contributed by atoms with van der Waals surface area (Å²) in [4.78, 5) is 14.4. The Labute approximate surface area is 136 Å². The number of fused-ring (bicyclic) bond motifs is 1. The molecule has 0 spiro atoms. The second-order valence-corrected chi connectivity index (χ2v) is 7.53. The van der Waals surface area contributed by atoms with Crippen LogP contribution in [0.3, 0.4) is 0 Å². The number of benzene rings is 1. The topological polar surface area (TPSA) is 78.8 Å². The molecule has 2 aliphatic heterocycles. The number of nitrogens with one attached hydrogen (secondary N) is 1. The molecule has 0 saturated carbocycles. The van der Waals surface area contributed by atoms with Crippen LogP contribution in [-0.4, -0.2) is 44.7 Å². The van der Waals surface area contributed by atoms with Gasteiger partial charge in [-0.3, -0.25) is 4.79 Å². The lowest BCUT2D eigenvalue weighted by molar-refractivity contribution is -0.126. The van der Waals surface area contributed by atoms with E-state index in [0.29, 0.717) is 24.5 Å². The fourth-order valence-corrected chi connectivity index (χ4v) is 4.32. The number of rotatable bonds is 3. The summed E-state index contributed by atoms with van der Waals surface area (Å²) in [6.45, 7) is 3.93. The van der Waals surface area contributed by atoms with Crippen molar-refractivity contribution in [1.29, 1.82) is 0 Å². The maximum Gasteiger partial charge on any atom is 0.285 e. The minimum absolute atomic E-state index is 0.0475. The Morgan fingerprint density at radius 1 is 1.39 bits per heavy atom. The highest BCUT2D eigenvalue weighted by Gasteiger charge is 2.34. The van der Waals surface area contributed by atoms with Gasteiger partial charge in [0, 0.05) is 25.2 Å². The minimum atomic E-state index is -3.61. The number of hydrogen-bond acceptors (Lipinski definition) is 4. The molecule has 1 fully saturated rings. The van der Waals surface area contributed by atoms with Crippen LogP contribution in [0.25, 0.3) is 0 Å². The molecule has 0 unspecified atom stereocenters. The second-order valence-electron chi connectivity index (χ2n) is 5.96. The third-order valence-corrected chi connectivity index (χ3v) is 5.58. The number of sulfonamides is 1. The van der Waals surface area contributed by atoms with Gasteiger partial charge < -0.3 is 10.2 Å². The first-order valence-electron chi connectivity index (χ1n) is 8.00. The highest BCUT2D eigenvalue weighted by molar-refractivity contribution is 7.90. The zero-order valence-electron chi connectivity index (χ0n) is 13.2. The molecule has 2 heterocycles. The average Bonchev–Trinajstić information content (AvgIpc) is 2.85. The predicted molar refractivity (Wildman–Crippen MR) is 87.8 cm³/mol. The van der Waals surface area contributed by atoms with E-state index in [4.69, 9.17) is 0 Å². The van der Waals surface area contributed by atoms with Crippen molar-refractivity contribution in [3.63, 3.8) is 0 Å². The van der Waals surface area contributed by atoms with Gasteiger partial charge in [-0.2, -0.15) is 8.42 Å². The smallest absolute Gasteiger partial charge is 0.285 e. The van der Waals surface area contributed by atoms with Gasteiger partial charge in [0.1, 0.15) is 4.90 Å². The SMILES string of the molecule is CCCNC(=O)[C@H]1CCCN(C2=NS(=O)(=O)c3ccccc32)C1. The van der Waals surface area contributed by atoms with E-state index in [-0.39, 0.29) is 16.7 Å². The molecule has 3 rings (SSSR count). The third kappa shape index (κ3) is 3.10. The standard InChI is InChI=1S/C16H21N3O3S/c1-2-9-17-16(20)12-6-5-10-19(11-12)15-13-7-3-4-8-14(13)23(21,22)18-15/h3-4,7-8,12H,2,5-6,9-11H2,1H3,(H,17,20)/t12-/m0/s1. The lowest BCUT2D eigenvalue weighted by Gasteiger charge is -2.33. The Hall–Kier alpha value is -1.89. The molecule has 1 aromatic carbocycles. The Bertz CT molecular complexity index is 743. The van der Waals surface area contributed by atoms with Crippen molar-refractivity contribution < 1.29 is 13.2 Å². The quantitative estimate of drug-likeness (QED) is 0.905. The molecule has 0 radical (unpaired) electrons. The lowest BCUT2D eigenvalue weighted by atomic mass is 9.96. The molecule has 1 aromatic rings. The summed E-state index contributed by atoms with van der Waals surface area (Å²) in [6.07, 6.45) is 2.58. The summed E-state index contributed by atoms with van der Waals surface area (Å²) in [7, 11) is -3.61. The van der Waals surface area contributed by atoms with E-state index in [0.717, 1.165) is 25.8 Å².